The van der Waals surface area contributed by atoms with Crippen LogP contribution in [-0.4, -0.2) is 22.8 Å². The average molecular weight is 314 g/mol. The van der Waals surface area contributed by atoms with Crippen molar-refractivity contribution in [3.63, 3.8) is 0 Å². The molecule has 4 heteroatoms. The highest BCUT2D eigenvalue weighted by Gasteiger charge is 2.16. The fraction of sp³-hybridized carbons (Fsp3) is 0.316. The molecule has 0 unspecified atom stereocenters. The summed E-state index contributed by atoms with van der Waals surface area (Å²) >= 11 is 0. The third kappa shape index (κ3) is 5.02. The summed E-state index contributed by atoms with van der Waals surface area (Å²) in [4.78, 5) is 11.8. The Morgan fingerprint density at radius 3 is 1.87 bits per heavy atom. The first kappa shape index (κ1) is 16.9. The highest BCUT2D eigenvalue weighted by Crippen LogP contribution is 2.31. The third-order valence-electron chi connectivity index (χ3n) is 3.70. The number of esters is 1. The number of ether oxygens (including phenoxy) is 1. The van der Waals surface area contributed by atoms with Gasteiger partial charge in [0.05, 0.1) is 6.61 Å². The van der Waals surface area contributed by atoms with Crippen molar-refractivity contribution in [3.05, 3.63) is 59.7 Å². The highest BCUT2D eigenvalue weighted by molar-refractivity contribution is 5.69. The molecule has 0 atom stereocenters. The Balaban J connectivity index is 2.16. The van der Waals surface area contributed by atoms with Crippen LogP contribution in [0.3, 0.4) is 0 Å². The van der Waals surface area contributed by atoms with Crippen LogP contribution >= 0.6 is 0 Å². The largest absolute Gasteiger partial charge is 0.508 e. The van der Waals surface area contributed by atoms with Crippen LogP contribution in [-0.2, 0) is 9.53 Å². The molecule has 0 aliphatic heterocycles. The first-order valence-electron chi connectivity index (χ1n) is 7.83. The second kappa shape index (κ2) is 8.22. The minimum atomic E-state index is -0.200. The maximum atomic E-state index is 11.8. The van der Waals surface area contributed by atoms with E-state index in [9.17, 15) is 15.0 Å². The van der Waals surface area contributed by atoms with Crippen molar-refractivity contribution in [3.8, 4) is 11.5 Å². The van der Waals surface area contributed by atoms with Crippen molar-refractivity contribution in [1.29, 1.82) is 0 Å². The molecule has 2 rings (SSSR count). The van der Waals surface area contributed by atoms with Gasteiger partial charge in [0.15, 0.2) is 0 Å². The smallest absolute Gasteiger partial charge is 0.305 e. The van der Waals surface area contributed by atoms with Crippen LogP contribution in [0.15, 0.2) is 48.5 Å². The van der Waals surface area contributed by atoms with Gasteiger partial charge in [0.2, 0.25) is 0 Å². The Morgan fingerprint density at radius 1 is 0.957 bits per heavy atom. The molecule has 0 amide bonds. The number of benzene rings is 2. The number of hydrogen-bond donors (Lipinski definition) is 2. The van der Waals surface area contributed by atoms with E-state index in [2.05, 4.69) is 0 Å². The summed E-state index contributed by atoms with van der Waals surface area (Å²) in [6, 6.07) is 14.0. The summed E-state index contributed by atoms with van der Waals surface area (Å²) in [5.74, 6) is 0.223. The van der Waals surface area contributed by atoms with E-state index >= 15 is 0 Å². The Kier molecular flexibility index (Phi) is 6.03. The summed E-state index contributed by atoms with van der Waals surface area (Å²) in [7, 11) is 0. The lowest BCUT2D eigenvalue weighted by Crippen LogP contribution is -2.09. The maximum Gasteiger partial charge on any atom is 0.305 e. The Labute approximate surface area is 136 Å². The zero-order valence-electron chi connectivity index (χ0n) is 13.2. The van der Waals surface area contributed by atoms with Crippen LogP contribution in [0.25, 0.3) is 0 Å². The summed E-state index contributed by atoms with van der Waals surface area (Å²) < 4.78 is 5.13. The van der Waals surface area contributed by atoms with Gasteiger partial charge >= 0.3 is 5.97 Å². The quantitative estimate of drug-likeness (QED) is 0.759. The summed E-state index contributed by atoms with van der Waals surface area (Å²) in [6.45, 7) is 2.41. The number of phenols is 2. The Hall–Kier alpha value is -2.49. The normalized spacial score (nSPS) is 10.7. The van der Waals surface area contributed by atoms with E-state index in [0.717, 1.165) is 17.5 Å². The van der Waals surface area contributed by atoms with E-state index in [0.29, 0.717) is 19.4 Å². The minimum Gasteiger partial charge on any atom is -0.508 e. The van der Waals surface area contributed by atoms with Crippen LogP contribution in [0.2, 0.25) is 0 Å². The van der Waals surface area contributed by atoms with Gasteiger partial charge in [0.1, 0.15) is 11.5 Å². The molecule has 0 fully saturated rings. The number of carbonyl (C=O) groups is 1. The second-order valence-corrected chi connectivity index (χ2v) is 5.49. The van der Waals surface area contributed by atoms with Gasteiger partial charge in [-0.15, -0.1) is 0 Å². The predicted octanol–water partition coefficient (Wildman–Crippen LogP) is 3.96. The molecule has 0 bridgehead atoms. The van der Waals surface area contributed by atoms with Crippen LogP contribution < -0.4 is 0 Å². The molecule has 23 heavy (non-hydrogen) atoms. The lowest BCUT2D eigenvalue weighted by Gasteiger charge is -2.18. The summed E-state index contributed by atoms with van der Waals surface area (Å²) in [5, 5.41) is 18.9. The molecule has 0 aliphatic carbocycles. The van der Waals surface area contributed by atoms with Crippen molar-refractivity contribution in [2.75, 3.05) is 6.61 Å². The first-order chi connectivity index (χ1) is 11.1. The molecule has 0 saturated heterocycles. The molecule has 0 aliphatic rings. The van der Waals surface area contributed by atoms with Gasteiger partial charge in [-0.1, -0.05) is 31.2 Å². The van der Waals surface area contributed by atoms with Gasteiger partial charge in [-0.05, 0) is 48.2 Å². The predicted molar refractivity (Wildman–Crippen MR) is 88.5 cm³/mol. The molecule has 2 aromatic carbocycles. The van der Waals surface area contributed by atoms with Gasteiger partial charge in [-0.2, -0.15) is 0 Å². The number of rotatable bonds is 7. The van der Waals surface area contributed by atoms with Gasteiger partial charge < -0.3 is 14.9 Å². The molecule has 0 saturated carbocycles. The van der Waals surface area contributed by atoms with Crippen molar-refractivity contribution in [2.24, 2.45) is 0 Å². The number of phenolic OH excluding ortho intramolecular Hbond substituents is 2. The van der Waals surface area contributed by atoms with Gasteiger partial charge in [-0.3, -0.25) is 4.79 Å². The number of hydrogen-bond acceptors (Lipinski definition) is 4. The average Bonchev–Trinajstić information content (AvgIpc) is 2.56. The summed E-state index contributed by atoms with van der Waals surface area (Å²) in [5.41, 5.74) is 2.02. The standard InChI is InChI=1S/C19H22O4/c1-2-13-23-19(22)12-11-18(14-3-7-16(20)8-4-14)15-5-9-17(21)10-6-15/h3-10,18,20-21H,2,11-13H2,1H3. The monoisotopic (exact) mass is 314 g/mol. The molecule has 4 nitrogen and oxygen atoms in total. The Morgan fingerprint density at radius 2 is 1.43 bits per heavy atom. The fourth-order valence-corrected chi connectivity index (χ4v) is 2.49. The maximum absolute atomic E-state index is 11.8. The van der Waals surface area contributed by atoms with E-state index in [1.807, 2.05) is 31.2 Å². The van der Waals surface area contributed by atoms with Crippen LogP contribution in [0.4, 0.5) is 0 Å². The van der Waals surface area contributed by atoms with Crippen molar-refractivity contribution < 1.29 is 19.7 Å². The van der Waals surface area contributed by atoms with E-state index in [4.69, 9.17) is 4.74 Å². The van der Waals surface area contributed by atoms with Gasteiger partial charge in [0, 0.05) is 12.3 Å². The van der Waals surface area contributed by atoms with E-state index in [-0.39, 0.29) is 23.4 Å². The topological polar surface area (TPSA) is 66.8 Å². The third-order valence-corrected chi connectivity index (χ3v) is 3.70. The van der Waals surface area contributed by atoms with Crippen LogP contribution in [0, 0.1) is 0 Å². The van der Waals surface area contributed by atoms with Crippen molar-refractivity contribution in [2.45, 2.75) is 32.1 Å². The molecule has 122 valence electrons. The first-order valence-corrected chi connectivity index (χ1v) is 7.83. The van der Waals surface area contributed by atoms with Crippen LogP contribution in [0.1, 0.15) is 43.2 Å². The zero-order chi connectivity index (χ0) is 16.7. The molecule has 2 N–H and O–H groups in total. The Bertz CT molecular complexity index is 571. The zero-order valence-corrected chi connectivity index (χ0v) is 13.2. The molecular weight excluding hydrogens is 292 g/mol. The molecule has 2 aromatic rings. The number of aromatic hydroxyl groups is 2. The molecule has 0 spiro atoms. The van der Waals surface area contributed by atoms with Crippen molar-refractivity contribution >= 4 is 5.97 Å². The van der Waals surface area contributed by atoms with Gasteiger partial charge in [0.25, 0.3) is 0 Å². The van der Waals surface area contributed by atoms with Crippen LogP contribution in [0.5, 0.6) is 11.5 Å². The van der Waals surface area contributed by atoms with Crippen molar-refractivity contribution in [1.82, 2.24) is 0 Å². The molecule has 0 aromatic heterocycles. The van der Waals surface area contributed by atoms with E-state index < -0.39 is 0 Å². The fourth-order valence-electron chi connectivity index (χ4n) is 2.49. The molecule has 0 radical (unpaired) electrons. The summed E-state index contributed by atoms with van der Waals surface area (Å²) in [6.07, 6.45) is 1.75. The highest BCUT2D eigenvalue weighted by atomic mass is 16.5. The SMILES string of the molecule is CCCOC(=O)CCC(c1ccc(O)cc1)c1ccc(O)cc1. The second-order valence-electron chi connectivity index (χ2n) is 5.49. The minimum absolute atomic E-state index is 0.00498. The lowest BCUT2D eigenvalue weighted by molar-refractivity contribution is -0.143. The molecular formula is C19H22O4. The van der Waals surface area contributed by atoms with E-state index in [1.54, 1.807) is 24.3 Å². The number of carbonyl (C=O) groups excluding carboxylic acids is 1. The van der Waals surface area contributed by atoms with Gasteiger partial charge in [-0.25, -0.2) is 0 Å². The van der Waals surface area contributed by atoms with E-state index in [1.165, 1.54) is 0 Å². The lowest BCUT2D eigenvalue weighted by atomic mass is 9.87. The molecule has 0 heterocycles.